The molecular weight excluding hydrogens is 345 g/mol. The van der Waals surface area contributed by atoms with Crippen LogP contribution < -0.4 is 20.3 Å². The molecule has 1 aromatic carbocycles. The molecule has 8 nitrogen and oxygen atoms in total. The molecule has 132 valence electrons. The summed E-state index contributed by atoms with van der Waals surface area (Å²) in [6, 6.07) is 5.20. The fourth-order valence-corrected chi connectivity index (χ4v) is 2.02. The maximum Gasteiger partial charge on any atom is 0.435 e. The van der Waals surface area contributed by atoms with Crippen LogP contribution in [0, 0.1) is 0 Å². The number of nitrogens with one attached hydrogen (secondary N) is 2. The molecule has 1 aliphatic rings. The second-order valence-corrected chi connectivity index (χ2v) is 4.97. The quantitative estimate of drug-likeness (QED) is 0.803. The van der Waals surface area contributed by atoms with E-state index in [2.05, 4.69) is 16.0 Å². The van der Waals surface area contributed by atoms with Crippen molar-refractivity contribution in [3.63, 3.8) is 0 Å². The number of nitrogens with zero attached hydrogens (tertiary/aromatic N) is 2. The van der Waals surface area contributed by atoms with Gasteiger partial charge in [0.2, 0.25) is 6.79 Å². The minimum atomic E-state index is -4.59. The smallest absolute Gasteiger partial charge is 0.435 e. The van der Waals surface area contributed by atoms with E-state index in [0.29, 0.717) is 11.5 Å². The van der Waals surface area contributed by atoms with E-state index in [9.17, 15) is 22.8 Å². The van der Waals surface area contributed by atoms with Crippen molar-refractivity contribution in [1.29, 1.82) is 0 Å². The zero-order valence-electron chi connectivity index (χ0n) is 12.5. The average molecular weight is 356 g/mol. The van der Waals surface area contributed by atoms with Crippen molar-refractivity contribution in [2.75, 3.05) is 6.79 Å². The van der Waals surface area contributed by atoms with Crippen molar-refractivity contribution in [1.82, 2.24) is 20.6 Å². The van der Waals surface area contributed by atoms with Crippen molar-refractivity contribution in [3.05, 3.63) is 41.7 Å². The number of hydrazine groups is 1. The van der Waals surface area contributed by atoms with Gasteiger partial charge in [-0.1, -0.05) is 0 Å². The average Bonchev–Trinajstić information content (AvgIpc) is 3.20. The molecule has 0 atom stereocenters. The lowest BCUT2D eigenvalue weighted by Crippen LogP contribution is -2.43. The molecule has 0 bridgehead atoms. The first-order valence-corrected chi connectivity index (χ1v) is 6.92. The highest BCUT2D eigenvalue weighted by Gasteiger charge is 2.33. The van der Waals surface area contributed by atoms with E-state index in [4.69, 9.17) is 9.47 Å². The number of hydrogen-bond acceptors (Lipinski definition) is 5. The van der Waals surface area contributed by atoms with Gasteiger partial charge in [0.05, 0.1) is 0 Å². The zero-order valence-corrected chi connectivity index (χ0v) is 12.5. The molecule has 1 aromatic heterocycles. The maximum absolute atomic E-state index is 12.4. The summed E-state index contributed by atoms with van der Waals surface area (Å²) in [7, 11) is 0. The predicted octanol–water partition coefficient (Wildman–Crippen LogP) is 1.09. The largest absolute Gasteiger partial charge is 0.454 e. The fourth-order valence-electron chi connectivity index (χ4n) is 2.02. The van der Waals surface area contributed by atoms with Crippen LogP contribution in [-0.4, -0.2) is 28.4 Å². The number of carbonyl (C=O) groups excluding carboxylic acids is 2. The van der Waals surface area contributed by atoms with Gasteiger partial charge >= 0.3 is 6.18 Å². The normalized spacial score (nSPS) is 12.8. The SMILES string of the molecule is O=C(Cn1ccc(C(F)(F)F)n1)NNC(=O)c1ccc2c(c1)OCO2. The molecule has 1 aliphatic heterocycles. The monoisotopic (exact) mass is 356 g/mol. The van der Waals surface area contributed by atoms with Gasteiger partial charge < -0.3 is 9.47 Å². The third kappa shape index (κ3) is 3.82. The summed E-state index contributed by atoms with van der Waals surface area (Å²) in [5.41, 5.74) is 3.35. The summed E-state index contributed by atoms with van der Waals surface area (Å²) < 4.78 is 48.3. The Morgan fingerprint density at radius 3 is 2.64 bits per heavy atom. The number of ether oxygens (including phenoxy) is 2. The fraction of sp³-hybridized carbons (Fsp3) is 0.214. The molecule has 0 fully saturated rings. The lowest BCUT2D eigenvalue weighted by atomic mass is 10.2. The highest BCUT2D eigenvalue weighted by Crippen LogP contribution is 2.32. The van der Waals surface area contributed by atoms with E-state index < -0.39 is 30.2 Å². The molecule has 0 spiro atoms. The molecule has 0 radical (unpaired) electrons. The number of hydrogen-bond donors (Lipinski definition) is 2. The van der Waals surface area contributed by atoms with Gasteiger partial charge in [0.25, 0.3) is 11.8 Å². The van der Waals surface area contributed by atoms with E-state index >= 15 is 0 Å². The van der Waals surface area contributed by atoms with E-state index in [-0.39, 0.29) is 12.4 Å². The molecule has 0 saturated carbocycles. The van der Waals surface area contributed by atoms with Crippen molar-refractivity contribution in [3.8, 4) is 11.5 Å². The lowest BCUT2D eigenvalue weighted by Gasteiger charge is -2.08. The van der Waals surface area contributed by atoms with Crippen LogP contribution in [0.3, 0.4) is 0 Å². The van der Waals surface area contributed by atoms with Crippen LogP contribution in [-0.2, 0) is 17.5 Å². The lowest BCUT2D eigenvalue weighted by molar-refractivity contribution is -0.141. The van der Waals surface area contributed by atoms with Crippen LogP contribution in [0.4, 0.5) is 13.2 Å². The summed E-state index contributed by atoms with van der Waals surface area (Å²) in [4.78, 5) is 23.6. The van der Waals surface area contributed by atoms with Crippen LogP contribution in [0.2, 0.25) is 0 Å². The van der Waals surface area contributed by atoms with Gasteiger partial charge in [0, 0.05) is 11.8 Å². The first kappa shape index (κ1) is 16.6. The highest BCUT2D eigenvalue weighted by molar-refractivity contribution is 5.96. The summed E-state index contributed by atoms with van der Waals surface area (Å²) in [6.07, 6.45) is -3.57. The number of amides is 2. The number of benzene rings is 1. The Labute approximate surface area is 138 Å². The summed E-state index contributed by atoms with van der Waals surface area (Å²) in [5, 5.41) is 3.23. The Morgan fingerprint density at radius 1 is 1.16 bits per heavy atom. The number of fused-ring (bicyclic) bond motifs is 1. The van der Waals surface area contributed by atoms with Crippen LogP contribution in [0.25, 0.3) is 0 Å². The van der Waals surface area contributed by atoms with E-state index in [0.717, 1.165) is 16.9 Å². The zero-order chi connectivity index (χ0) is 18.0. The van der Waals surface area contributed by atoms with E-state index in [1.807, 2.05) is 0 Å². The Bertz CT molecular complexity index is 819. The van der Waals surface area contributed by atoms with Gasteiger partial charge in [-0.25, -0.2) is 0 Å². The third-order valence-electron chi connectivity index (χ3n) is 3.19. The van der Waals surface area contributed by atoms with Crippen LogP contribution in [0.5, 0.6) is 11.5 Å². The van der Waals surface area contributed by atoms with Gasteiger partial charge in [-0.3, -0.25) is 25.1 Å². The topological polar surface area (TPSA) is 94.5 Å². The van der Waals surface area contributed by atoms with Gasteiger partial charge in [0.15, 0.2) is 17.2 Å². The van der Waals surface area contributed by atoms with Crippen LogP contribution >= 0.6 is 0 Å². The molecule has 2 heterocycles. The molecular formula is C14H11F3N4O4. The van der Waals surface area contributed by atoms with E-state index in [1.165, 1.54) is 12.1 Å². The van der Waals surface area contributed by atoms with Crippen LogP contribution in [0.15, 0.2) is 30.5 Å². The summed E-state index contributed by atoms with van der Waals surface area (Å²) >= 11 is 0. The van der Waals surface area contributed by atoms with Gasteiger partial charge in [0.1, 0.15) is 6.54 Å². The summed E-state index contributed by atoms with van der Waals surface area (Å²) in [6.45, 7) is -0.432. The molecule has 2 N–H and O–H groups in total. The minimum absolute atomic E-state index is 0.0565. The molecule has 25 heavy (non-hydrogen) atoms. The molecule has 11 heteroatoms. The Kier molecular flexibility index (Phi) is 4.21. The second-order valence-electron chi connectivity index (χ2n) is 4.97. The second kappa shape index (κ2) is 6.34. The molecule has 3 rings (SSSR count). The Hall–Kier alpha value is -3.24. The van der Waals surface area contributed by atoms with Crippen molar-refractivity contribution in [2.24, 2.45) is 0 Å². The van der Waals surface area contributed by atoms with Gasteiger partial charge in [-0.2, -0.15) is 18.3 Å². The minimum Gasteiger partial charge on any atom is -0.454 e. The first-order chi connectivity index (χ1) is 11.8. The standard InChI is InChI=1S/C14H11F3N4O4/c15-14(16,17)11-3-4-21(20-11)6-12(22)18-19-13(23)8-1-2-9-10(5-8)25-7-24-9/h1-5H,6-7H2,(H,18,22)(H,19,23). The Balaban J connectivity index is 1.53. The first-order valence-electron chi connectivity index (χ1n) is 6.92. The van der Waals surface area contributed by atoms with Crippen molar-refractivity contribution in [2.45, 2.75) is 12.7 Å². The third-order valence-corrected chi connectivity index (χ3v) is 3.19. The molecule has 2 aromatic rings. The number of alkyl halides is 3. The molecule has 0 aliphatic carbocycles. The maximum atomic E-state index is 12.4. The summed E-state index contributed by atoms with van der Waals surface area (Å²) in [5.74, 6) is -0.469. The van der Waals surface area contributed by atoms with Crippen LogP contribution in [0.1, 0.15) is 16.1 Å². The van der Waals surface area contributed by atoms with Crippen molar-refractivity contribution >= 4 is 11.8 Å². The van der Waals surface area contributed by atoms with E-state index in [1.54, 1.807) is 6.07 Å². The Morgan fingerprint density at radius 2 is 1.92 bits per heavy atom. The molecule has 2 amide bonds. The molecule has 0 saturated heterocycles. The van der Waals surface area contributed by atoms with Crippen molar-refractivity contribution < 1.29 is 32.2 Å². The number of rotatable bonds is 3. The predicted molar refractivity (Wildman–Crippen MR) is 75.4 cm³/mol. The number of carbonyl (C=O) groups is 2. The van der Waals surface area contributed by atoms with Gasteiger partial charge in [-0.05, 0) is 24.3 Å². The highest BCUT2D eigenvalue weighted by atomic mass is 19.4. The van der Waals surface area contributed by atoms with Gasteiger partial charge in [-0.15, -0.1) is 0 Å². The molecule has 0 unspecified atom stereocenters. The number of aromatic nitrogens is 2. The number of halogens is 3.